The van der Waals surface area contributed by atoms with E-state index in [9.17, 15) is 13.2 Å². The van der Waals surface area contributed by atoms with Crippen LogP contribution in [0.2, 0.25) is 0 Å². The molecule has 1 N–H and O–H groups in total. The average molecular weight is 476 g/mol. The van der Waals surface area contributed by atoms with Gasteiger partial charge in [-0.25, -0.2) is 13.4 Å². The molecule has 1 fully saturated rings. The van der Waals surface area contributed by atoms with Gasteiger partial charge >= 0.3 is 0 Å². The number of fused-ring (bicyclic) bond motifs is 1. The second kappa shape index (κ2) is 9.43. The Labute approximate surface area is 191 Å². The Hall–Kier alpha value is -2.69. The van der Waals surface area contributed by atoms with Crippen molar-refractivity contribution in [3.8, 4) is 11.5 Å². The SMILES string of the molecule is CCOc1cccc2sc(NC(=O)C3CCN(S(=O)(=O)c4ccc(OC)cc4)CC3)nc12. The van der Waals surface area contributed by atoms with E-state index in [0.29, 0.717) is 49.2 Å². The number of hydrogen-bond donors (Lipinski definition) is 1. The van der Waals surface area contributed by atoms with Gasteiger partial charge in [0.2, 0.25) is 15.9 Å². The molecule has 1 aromatic heterocycles. The molecule has 32 heavy (non-hydrogen) atoms. The highest BCUT2D eigenvalue weighted by Gasteiger charge is 2.32. The molecule has 10 heteroatoms. The summed E-state index contributed by atoms with van der Waals surface area (Å²) in [6.07, 6.45) is 0.909. The van der Waals surface area contributed by atoms with E-state index < -0.39 is 10.0 Å². The maximum Gasteiger partial charge on any atom is 0.243 e. The summed E-state index contributed by atoms with van der Waals surface area (Å²) in [5.41, 5.74) is 0.732. The lowest BCUT2D eigenvalue weighted by atomic mass is 9.97. The second-order valence-electron chi connectivity index (χ2n) is 7.40. The molecule has 0 atom stereocenters. The third kappa shape index (κ3) is 4.57. The van der Waals surface area contributed by atoms with E-state index >= 15 is 0 Å². The standard InChI is InChI=1S/C22H25N3O5S2/c1-3-30-18-5-4-6-19-20(18)23-22(31-19)24-21(26)15-11-13-25(14-12-15)32(27,28)17-9-7-16(29-2)8-10-17/h4-10,15H,3,11-14H2,1-2H3,(H,23,24,26). The summed E-state index contributed by atoms with van der Waals surface area (Å²) >= 11 is 1.40. The zero-order valence-corrected chi connectivity index (χ0v) is 19.5. The predicted octanol–water partition coefficient (Wildman–Crippen LogP) is 3.74. The van der Waals surface area contributed by atoms with E-state index in [0.717, 1.165) is 10.2 Å². The number of aromatic nitrogens is 1. The minimum atomic E-state index is -3.60. The van der Waals surface area contributed by atoms with Crippen molar-refractivity contribution in [3.05, 3.63) is 42.5 Å². The van der Waals surface area contributed by atoms with Crippen LogP contribution in [-0.4, -0.2) is 50.4 Å². The summed E-state index contributed by atoms with van der Waals surface area (Å²) in [6.45, 7) is 3.03. The van der Waals surface area contributed by atoms with Gasteiger partial charge in [0, 0.05) is 19.0 Å². The van der Waals surface area contributed by atoms with E-state index in [2.05, 4.69) is 10.3 Å². The molecular weight excluding hydrogens is 450 g/mol. The Morgan fingerprint density at radius 2 is 1.91 bits per heavy atom. The van der Waals surface area contributed by atoms with Crippen molar-refractivity contribution in [2.45, 2.75) is 24.7 Å². The lowest BCUT2D eigenvalue weighted by Crippen LogP contribution is -2.41. The highest BCUT2D eigenvalue weighted by molar-refractivity contribution is 7.89. The van der Waals surface area contributed by atoms with E-state index in [1.807, 2.05) is 25.1 Å². The Kier molecular flexibility index (Phi) is 6.63. The Morgan fingerprint density at radius 3 is 2.56 bits per heavy atom. The molecule has 2 heterocycles. The van der Waals surface area contributed by atoms with Gasteiger partial charge in [-0.15, -0.1) is 0 Å². The molecule has 0 bridgehead atoms. The number of hydrogen-bond acceptors (Lipinski definition) is 7. The summed E-state index contributed by atoms with van der Waals surface area (Å²) in [7, 11) is -2.07. The van der Waals surface area contributed by atoms with Gasteiger partial charge < -0.3 is 14.8 Å². The number of rotatable bonds is 7. The van der Waals surface area contributed by atoms with E-state index in [4.69, 9.17) is 9.47 Å². The van der Waals surface area contributed by atoms with Crippen LogP contribution < -0.4 is 14.8 Å². The largest absolute Gasteiger partial charge is 0.497 e. The zero-order valence-electron chi connectivity index (χ0n) is 17.9. The molecule has 0 saturated carbocycles. The number of benzene rings is 2. The van der Waals surface area contributed by atoms with Gasteiger partial charge in [0.05, 0.1) is 23.3 Å². The van der Waals surface area contributed by atoms with E-state index in [-0.39, 0.29) is 16.7 Å². The van der Waals surface area contributed by atoms with Gasteiger partial charge in [0.25, 0.3) is 0 Å². The van der Waals surface area contributed by atoms with Crippen molar-refractivity contribution in [2.24, 2.45) is 5.92 Å². The maximum absolute atomic E-state index is 12.9. The van der Waals surface area contributed by atoms with Crippen LogP contribution >= 0.6 is 11.3 Å². The number of ether oxygens (including phenoxy) is 2. The van der Waals surface area contributed by atoms with E-state index in [1.165, 1.54) is 34.9 Å². The van der Waals surface area contributed by atoms with Crippen molar-refractivity contribution in [1.29, 1.82) is 0 Å². The topological polar surface area (TPSA) is 97.8 Å². The van der Waals surface area contributed by atoms with Crippen LogP contribution in [-0.2, 0) is 14.8 Å². The lowest BCUT2D eigenvalue weighted by molar-refractivity contribution is -0.120. The number of methoxy groups -OCH3 is 1. The number of anilines is 1. The predicted molar refractivity (Wildman–Crippen MR) is 124 cm³/mol. The first-order valence-corrected chi connectivity index (χ1v) is 12.7. The Bertz CT molecular complexity index is 1200. The molecule has 8 nitrogen and oxygen atoms in total. The van der Waals surface area contributed by atoms with Crippen LogP contribution in [0.3, 0.4) is 0 Å². The van der Waals surface area contributed by atoms with Crippen LogP contribution in [0.4, 0.5) is 5.13 Å². The summed E-state index contributed by atoms with van der Waals surface area (Å²) in [5, 5.41) is 3.42. The summed E-state index contributed by atoms with van der Waals surface area (Å²) in [6, 6.07) is 12.0. The highest BCUT2D eigenvalue weighted by Crippen LogP contribution is 2.33. The Balaban J connectivity index is 1.39. The van der Waals surface area contributed by atoms with Crippen LogP contribution in [0.15, 0.2) is 47.4 Å². The fraction of sp³-hybridized carbons (Fsp3) is 0.364. The highest BCUT2D eigenvalue weighted by atomic mass is 32.2. The number of piperidine rings is 1. The molecule has 0 radical (unpaired) electrons. The summed E-state index contributed by atoms with van der Waals surface area (Å²) < 4.78 is 38.9. The van der Waals surface area contributed by atoms with Gasteiger partial charge in [0.15, 0.2) is 5.13 Å². The minimum Gasteiger partial charge on any atom is -0.497 e. The number of amides is 1. The molecular formula is C22H25N3O5S2. The van der Waals surface area contributed by atoms with Gasteiger partial charge in [-0.05, 0) is 56.2 Å². The molecule has 1 aliphatic rings. The average Bonchev–Trinajstić information content (AvgIpc) is 3.23. The number of nitrogens with zero attached hydrogens (tertiary/aromatic N) is 2. The zero-order chi connectivity index (χ0) is 22.7. The molecule has 1 aliphatic heterocycles. The van der Waals surface area contributed by atoms with Gasteiger partial charge in [-0.3, -0.25) is 4.79 Å². The van der Waals surface area contributed by atoms with Gasteiger partial charge in [0.1, 0.15) is 17.0 Å². The first-order valence-electron chi connectivity index (χ1n) is 10.4. The number of carbonyl (C=O) groups excluding carboxylic acids is 1. The first-order chi connectivity index (χ1) is 15.4. The van der Waals surface area contributed by atoms with Crippen molar-refractivity contribution >= 4 is 42.6 Å². The molecule has 170 valence electrons. The van der Waals surface area contributed by atoms with Crippen LogP contribution in [0.1, 0.15) is 19.8 Å². The molecule has 0 spiro atoms. The quantitative estimate of drug-likeness (QED) is 0.559. The van der Waals surface area contributed by atoms with Crippen LogP contribution in [0, 0.1) is 5.92 Å². The van der Waals surface area contributed by atoms with Crippen LogP contribution in [0.5, 0.6) is 11.5 Å². The summed E-state index contributed by atoms with van der Waals surface area (Å²) in [5.74, 6) is 0.889. The van der Waals surface area contributed by atoms with E-state index in [1.54, 1.807) is 12.1 Å². The number of carbonyl (C=O) groups is 1. The third-order valence-electron chi connectivity index (χ3n) is 5.43. The fourth-order valence-electron chi connectivity index (χ4n) is 3.71. The minimum absolute atomic E-state index is 0.136. The molecule has 0 aliphatic carbocycles. The van der Waals surface area contributed by atoms with Crippen molar-refractivity contribution < 1.29 is 22.7 Å². The number of sulfonamides is 1. The van der Waals surface area contributed by atoms with Gasteiger partial charge in [-0.1, -0.05) is 17.4 Å². The van der Waals surface area contributed by atoms with Gasteiger partial charge in [-0.2, -0.15) is 4.31 Å². The van der Waals surface area contributed by atoms with Crippen molar-refractivity contribution in [1.82, 2.24) is 9.29 Å². The van der Waals surface area contributed by atoms with Crippen LogP contribution in [0.25, 0.3) is 10.2 Å². The smallest absolute Gasteiger partial charge is 0.243 e. The van der Waals surface area contributed by atoms with Crippen molar-refractivity contribution in [3.63, 3.8) is 0 Å². The monoisotopic (exact) mass is 475 g/mol. The first kappa shape index (κ1) is 22.5. The normalized spacial score (nSPS) is 15.6. The maximum atomic E-state index is 12.9. The molecule has 1 amide bonds. The second-order valence-corrected chi connectivity index (χ2v) is 10.4. The molecule has 3 aromatic rings. The number of para-hydroxylation sites is 1. The lowest BCUT2D eigenvalue weighted by Gasteiger charge is -2.30. The molecule has 0 unspecified atom stereocenters. The molecule has 1 saturated heterocycles. The number of nitrogens with one attached hydrogen (secondary N) is 1. The summed E-state index contributed by atoms with van der Waals surface area (Å²) in [4.78, 5) is 17.5. The Morgan fingerprint density at radius 1 is 1.19 bits per heavy atom. The fourth-order valence-corrected chi connectivity index (χ4v) is 6.07. The molecule has 2 aromatic carbocycles. The van der Waals surface area contributed by atoms with Crippen molar-refractivity contribution in [2.75, 3.05) is 32.1 Å². The molecule has 4 rings (SSSR count). The number of thiazole rings is 1. The third-order valence-corrected chi connectivity index (χ3v) is 8.28.